The average molecular weight is 922 g/mol. The normalized spacial score (nSPS) is 18.8. The average Bonchev–Trinajstić information content (AvgIpc) is 3.83. The minimum atomic E-state index is -1.06. The Morgan fingerprint density at radius 2 is 1.81 bits per heavy atom. The summed E-state index contributed by atoms with van der Waals surface area (Å²) >= 11 is 3.19. The molecule has 17 heteroatoms. The number of benzene rings is 1. The minimum absolute atomic E-state index is 0.0359. The number of carbonyl (C=O) groups excluding carboxylic acids is 3. The maximum absolute atomic E-state index is 14.0. The molecule has 62 heavy (non-hydrogen) atoms. The molecule has 2 saturated heterocycles. The van der Waals surface area contributed by atoms with Crippen LogP contribution in [0, 0.1) is 5.41 Å². The first kappa shape index (κ1) is 47.2. The van der Waals surface area contributed by atoms with Crippen LogP contribution in [0.4, 0.5) is 4.79 Å². The van der Waals surface area contributed by atoms with Crippen LogP contribution in [-0.2, 0) is 52.5 Å². The lowest BCUT2D eigenvalue weighted by molar-refractivity contribution is -0.155. The van der Waals surface area contributed by atoms with Crippen LogP contribution in [-0.4, -0.2) is 93.8 Å². The first-order valence-electron chi connectivity index (χ1n) is 21.4. The fraction of sp³-hybridized carbons (Fsp3) is 0.578. The predicted octanol–water partition coefficient (Wildman–Crippen LogP) is 7.22. The summed E-state index contributed by atoms with van der Waals surface area (Å²) in [7, 11) is 1.13. The van der Waals surface area contributed by atoms with Crippen molar-refractivity contribution in [1.82, 2.24) is 30.3 Å². The van der Waals surface area contributed by atoms with Gasteiger partial charge >= 0.3 is 19.2 Å². The van der Waals surface area contributed by atoms with E-state index in [2.05, 4.69) is 81.3 Å². The lowest BCUT2D eigenvalue weighted by Crippen LogP contribution is -2.60. The van der Waals surface area contributed by atoms with E-state index in [1.807, 2.05) is 40.7 Å². The van der Waals surface area contributed by atoms with E-state index in [1.165, 1.54) is 11.3 Å². The molecule has 0 bridgehead atoms. The number of ether oxygens (including phenoxy) is 3. The second-order valence-corrected chi connectivity index (χ2v) is 19.7. The van der Waals surface area contributed by atoms with E-state index in [1.54, 1.807) is 34.1 Å². The maximum atomic E-state index is 14.0. The zero-order valence-corrected chi connectivity index (χ0v) is 39.7. The maximum Gasteiger partial charge on any atom is 0.494 e. The second-order valence-electron chi connectivity index (χ2n) is 19.0. The number of hydrogen-bond acceptors (Lipinski definition) is 12. The summed E-state index contributed by atoms with van der Waals surface area (Å²) in [5, 5.41) is 5.10. The number of aromatic nitrogens is 3. The second kappa shape index (κ2) is 18.4. The van der Waals surface area contributed by atoms with Crippen LogP contribution >= 0.6 is 15.9 Å². The molecule has 2 aliphatic heterocycles. The number of halogens is 1. The molecule has 0 saturated carbocycles. The monoisotopic (exact) mass is 920 g/mol. The van der Waals surface area contributed by atoms with E-state index in [4.69, 9.17) is 32.9 Å². The molecular weight excluding hydrogens is 859 g/mol. The molecule has 3 aromatic heterocycles. The SMILES string of the molecule is CCn1c(-c2cccnc2C(C)OC)c(CC(C)(C)COC(=O)[C@@H]2CCCN(C(=O)C(Cc3coc(Br)n3)NC(=O)OC(C)(C)C)N2)c2cc(B3OC(C)(C)C(C)(C)O3)ccc21. The zero-order chi connectivity index (χ0) is 45.4. The summed E-state index contributed by atoms with van der Waals surface area (Å²) in [6.07, 6.45) is 3.75. The van der Waals surface area contributed by atoms with Crippen LogP contribution < -0.4 is 16.2 Å². The van der Waals surface area contributed by atoms with Crippen molar-refractivity contribution in [3.8, 4) is 11.3 Å². The van der Waals surface area contributed by atoms with Crippen LogP contribution in [0.25, 0.3) is 22.2 Å². The predicted molar refractivity (Wildman–Crippen MR) is 239 cm³/mol. The van der Waals surface area contributed by atoms with Gasteiger partial charge in [0, 0.05) is 70.6 Å². The lowest BCUT2D eigenvalue weighted by atomic mass is 9.77. The lowest BCUT2D eigenvalue weighted by Gasteiger charge is -2.35. The number of oxazole rings is 1. The molecule has 4 aromatic rings. The van der Waals surface area contributed by atoms with E-state index < -0.39 is 59.4 Å². The molecule has 0 spiro atoms. The van der Waals surface area contributed by atoms with Crippen molar-refractivity contribution >= 4 is 57.4 Å². The van der Waals surface area contributed by atoms with Crippen molar-refractivity contribution < 1.29 is 42.3 Å². The van der Waals surface area contributed by atoms with Gasteiger partial charge in [-0.2, -0.15) is 0 Å². The first-order valence-corrected chi connectivity index (χ1v) is 22.1. The van der Waals surface area contributed by atoms with Crippen molar-refractivity contribution in [1.29, 1.82) is 0 Å². The van der Waals surface area contributed by atoms with Gasteiger partial charge in [0.2, 0.25) is 0 Å². The summed E-state index contributed by atoms with van der Waals surface area (Å²) in [6.45, 7) is 22.8. The topological polar surface area (TPSA) is 169 Å². The number of hydrogen-bond donors (Lipinski definition) is 2. The standard InChI is InChI=1S/C45H62BBrN6O9/c1-13-52-35-19-18-28(46-61-44(8,9)45(10,11)62-46)22-31(35)32(37(52)30-16-14-20-48-36(30)27(2)57-12)24-43(6,7)26-59-39(55)33-17-15-21-53(51-33)38(54)34(23-29-25-58-40(47)49-29)50-41(56)60-42(3,4)5/h14,16,18-20,22,25,27,33-34,51H,13,15,17,21,23-24,26H2,1-12H3,(H,50,56)/t27?,33-,34?/m0/s1. The molecule has 2 aliphatic rings. The van der Waals surface area contributed by atoms with E-state index in [-0.39, 0.29) is 23.9 Å². The minimum Gasteiger partial charge on any atom is -0.464 e. The molecule has 5 heterocycles. The molecule has 15 nitrogen and oxygen atoms in total. The van der Waals surface area contributed by atoms with E-state index >= 15 is 0 Å². The summed E-state index contributed by atoms with van der Waals surface area (Å²) in [6, 6.07) is 8.57. The van der Waals surface area contributed by atoms with Crippen molar-refractivity contribution in [3.63, 3.8) is 0 Å². The Labute approximate surface area is 373 Å². The van der Waals surface area contributed by atoms with Crippen molar-refractivity contribution in [2.45, 2.75) is 143 Å². The highest BCUT2D eigenvalue weighted by atomic mass is 79.9. The highest BCUT2D eigenvalue weighted by molar-refractivity contribution is 9.10. The fourth-order valence-corrected chi connectivity index (χ4v) is 8.19. The van der Waals surface area contributed by atoms with E-state index in [9.17, 15) is 14.4 Å². The first-order chi connectivity index (χ1) is 29.0. The highest BCUT2D eigenvalue weighted by Crippen LogP contribution is 2.41. The molecule has 2 fully saturated rings. The van der Waals surface area contributed by atoms with Gasteiger partial charge in [-0.25, -0.2) is 15.2 Å². The molecule has 0 radical (unpaired) electrons. The number of nitrogens with zero attached hydrogens (tertiary/aromatic N) is 4. The number of hydrazine groups is 1. The Balaban J connectivity index is 1.25. The molecule has 336 valence electrons. The van der Waals surface area contributed by atoms with E-state index in [0.717, 1.165) is 38.9 Å². The number of aryl methyl sites for hydroxylation is 1. The summed E-state index contributed by atoms with van der Waals surface area (Å²) in [5.74, 6) is -0.930. The molecule has 3 atom stereocenters. The number of nitrogens with one attached hydrogen (secondary N) is 2. The Hall–Kier alpha value is -4.29. The molecule has 0 aliphatic carbocycles. The molecular formula is C45H62BBrN6O9. The number of methoxy groups -OCH3 is 1. The van der Waals surface area contributed by atoms with Gasteiger partial charge in [-0.05, 0) is 111 Å². The molecule has 2 N–H and O–H groups in total. The number of rotatable bonds is 14. The third-order valence-electron chi connectivity index (χ3n) is 11.8. The van der Waals surface area contributed by atoms with Gasteiger partial charge in [0.05, 0.1) is 41.0 Å². The van der Waals surface area contributed by atoms with Crippen LogP contribution in [0.3, 0.4) is 0 Å². The van der Waals surface area contributed by atoms with Crippen LogP contribution in [0.5, 0.6) is 0 Å². The van der Waals surface area contributed by atoms with Gasteiger partial charge in [-0.3, -0.25) is 19.6 Å². The summed E-state index contributed by atoms with van der Waals surface area (Å²) < 4.78 is 37.9. The molecule has 2 unspecified atom stereocenters. The number of pyridine rings is 1. The number of amides is 2. The van der Waals surface area contributed by atoms with Crippen molar-refractivity contribution in [2.24, 2.45) is 5.41 Å². The van der Waals surface area contributed by atoms with Gasteiger partial charge < -0.3 is 37.8 Å². The zero-order valence-electron chi connectivity index (χ0n) is 38.1. The third-order valence-corrected chi connectivity index (χ3v) is 12.2. The Morgan fingerprint density at radius 3 is 2.44 bits per heavy atom. The van der Waals surface area contributed by atoms with Gasteiger partial charge in [0.25, 0.3) is 10.7 Å². The highest BCUT2D eigenvalue weighted by Gasteiger charge is 2.52. The number of alkyl carbamates (subject to hydrolysis) is 1. The van der Waals surface area contributed by atoms with Gasteiger partial charge in [0.1, 0.15) is 23.9 Å². The summed E-state index contributed by atoms with van der Waals surface area (Å²) in [5.41, 5.74) is 7.05. The van der Waals surface area contributed by atoms with Crippen molar-refractivity contribution in [3.05, 3.63) is 64.5 Å². The van der Waals surface area contributed by atoms with Gasteiger partial charge in [0.15, 0.2) is 0 Å². The van der Waals surface area contributed by atoms with Gasteiger partial charge in [-0.15, -0.1) is 0 Å². The Bertz CT molecular complexity index is 2250. The quantitative estimate of drug-likeness (QED) is 0.0964. The summed E-state index contributed by atoms with van der Waals surface area (Å²) in [4.78, 5) is 50.0. The van der Waals surface area contributed by atoms with Gasteiger partial charge in [-0.1, -0.05) is 26.0 Å². The number of esters is 1. The van der Waals surface area contributed by atoms with E-state index in [0.29, 0.717) is 38.0 Å². The number of fused-ring (bicyclic) bond motifs is 1. The van der Waals surface area contributed by atoms with Crippen LogP contribution in [0.1, 0.15) is 112 Å². The molecule has 6 rings (SSSR count). The fourth-order valence-electron chi connectivity index (χ4n) is 7.87. The molecule has 2 amide bonds. The third kappa shape index (κ3) is 10.6. The molecule has 1 aromatic carbocycles. The Morgan fingerprint density at radius 1 is 1.10 bits per heavy atom. The van der Waals surface area contributed by atoms with Crippen LogP contribution in [0.15, 0.2) is 52.0 Å². The Kier molecular flexibility index (Phi) is 14.0. The number of carbonyl (C=O) groups is 3. The smallest absolute Gasteiger partial charge is 0.464 e. The largest absolute Gasteiger partial charge is 0.494 e. The van der Waals surface area contributed by atoms with Crippen molar-refractivity contribution in [2.75, 3.05) is 20.3 Å². The van der Waals surface area contributed by atoms with Crippen LogP contribution in [0.2, 0.25) is 0 Å².